The minimum Gasteiger partial charge on any atom is -0.348 e. The molecule has 2 N–H and O–H groups in total. The Labute approximate surface area is 114 Å². The number of benzene rings is 1. The van der Waals surface area contributed by atoms with Crippen molar-refractivity contribution in [2.24, 2.45) is 0 Å². The van der Waals surface area contributed by atoms with Gasteiger partial charge in [-0.1, -0.05) is 29.8 Å². The summed E-state index contributed by atoms with van der Waals surface area (Å²) < 4.78 is 35.6. The van der Waals surface area contributed by atoms with Crippen LogP contribution in [-0.4, -0.2) is 25.2 Å². The van der Waals surface area contributed by atoms with Crippen molar-refractivity contribution in [2.45, 2.75) is 19.1 Å². The summed E-state index contributed by atoms with van der Waals surface area (Å²) in [6.45, 7) is 0.123. The van der Waals surface area contributed by atoms with Gasteiger partial charge in [0.25, 0.3) is 0 Å². The minimum atomic E-state index is -4.32. The van der Waals surface area contributed by atoms with Gasteiger partial charge in [0.1, 0.15) is 0 Å². The van der Waals surface area contributed by atoms with E-state index in [9.17, 15) is 18.0 Å². The Morgan fingerprint density at radius 3 is 2.58 bits per heavy atom. The number of hydrogen-bond acceptors (Lipinski definition) is 2. The van der Waals surface area contributed by atoms with E-state index in [-0.39, 0.29) is 6.04 Å². The van der Waals surface area contributed by atoms with E-state index in [1.54, 1.807) is 31.2 Å². The molecule has 0 aliphatic heterocycles. The van der Waals surface area contributed by atoms with E-state index in [2.05, 4.69) is 5.32 Å². The van der Waals surface area contributed by atoms with Gasteiger partial charge in [-0.2, -0.15) is 13.2 Å². The zero-order valence-corrected chi connectivity index (χ0v) is 11.0. The molecule has 19 heavy (non-hydrogen) atoms. The van der Waals surface area contributed by atoms with E-state index in [1.165, 1.54) is 0 Å². The molecule has 0 aromatic heterocycles. The molecule has 1 amide bonds. The summed E-state index contributed by atoms with van der Waals surface area (Å²) in [6, 6.07) is 6.59. The maximum absolute atomic E-state index is 11.9. The molecule has 0 spiro atoms. The van der Waals surface area contributed by atoms with Gasteiger partial charge in [-0.25, -0.2) is 0 Å². The van der Waals surface area contributed by atoms with E-state index >= 15 is 0 Å². The van der Waals surface area contributed by atoms with Crippen molar-refractivity contribution in [3.05, 3.63) is 34.9 Å². The Morgan fingerprint density at radius 2 is 2.00 bits per heavy atom. The molecule has 1 atom stereocenters. The molecule has 0 aliphatic carbocycles. The third kappa shape index (κ3) is 5.94. The molecule has 0 saturated carbocycles. The summed E-state index contributed by atoms with van der Waals surface area (Å²) in [6.07, 6.45) is -4.32. The number of carbonyl (C=O) groups is 1. The molecular formula is C12H14ClF3N2O. The molecular weight excluding hydrogens is 281 g/mol. The summed E-state index contributed by atoms with van der Waals surface area (Å²) in [5, 5.41) is 5.10. The number of amides is 1. The Bertz CT molecular complexity index is 437. The standard InChI is InChI=1S/C12H14ClF3N2O/c1-8(9-4-2-3-5-10(9)13)18-11(19)6-17-7-12(14,15)16/h2-5,8,17H,6-7H2,1H3,(H,18,19)/t8-/m0/s1. The lowest BCUT2D eigenvalue weighted by molar-refractivity contribution is -0.128. The van der Waals surface area contributed by atoms with Gasteiger partial charge in [0.15, 0.2) is 0 Å². The van der Waals surface area contributed by atoms with Gasteiger partial charge in [-0.3, -0.25) is 4.79 Å². The third-order valence-corrected chi connectivity index (χ3v) is 2.70. The lowest BCUT2D eigenvalue weighted by Gasteiger charge is -2.16. The molecule has 0 radical (unpaired) electrons. The second-order valence-electron chi connectivity index (χ2n) is 4.03. The van der Waals surface area contributed by atoms with Crippen molar-refractivity contribution in [3.63, 3.8) is 0 Å². The van der Waals surface area contributed by atoms with Gasteiger partial charge in [0.2, 0.25) is 5.91 Å². The number of hydrogen-bond donors (Lipinski definition) is 2. The summed E-state index contributed by atoms with van der Waals surface area (Å²) in [7, 11) is 0. The van der Waals surface area contributed by atoms with E-state index in [0.717, 1.165) is 0 Å². The Kier molecular flexibility index (Phi) is 5.62. The molecule has 0 fully saturated rings. The van der Waals surface area contributed by atoms with Crippen LogP contribution in [0.5, 0.6) is 0 Å². The first-order chi connectivity index (χ1) is 8.79. The molecule has 3 nitrogen and oxygen atoms in total. The normalized spacial score (nSPS) is 13.1. The maximum Gasteiger partial charge on any atom is 0.401 e. The van der Waals surface area contributed by atoms with Crippen LogP contribution in [-0.2, 0) is 4.79 Å². The van der Waals surface area contributed by atoms with Crippen molar-refractivity contribution in [1.82, 2.24) is 10.6 Å². The number of alkyl halides is 3. The summed E-state index contributed by atoms with van der Waals surface area (Å²) in [5.74, 6) is -0.517. The Hall–Kier alpha value is -1.27. The largest absolute Gasteiger partial charge is 0.401 e. The van der Waals surface area contributed by atoms with Gasteiger partial charge in [-0.05, 0) is 18.6 Å². The lowest BCUT2D eigenvalue weighted by atomic mass is 10.1. The van der Waals surface area contributed by atoms with Crippen LogP contribution in [0.3, 0.4) is 0 Å². The molecule has 7 heteroatoms. The minimum absolute atomic E-state index is 0.367. The van der Waals surface area contributed by atoms with Gasteiger partial charge < -0.3 is 10.6 Å². The monoisotopic (exact) mass is 294 g/mol. The molecule has 0 bridgehead atoms. The summed E-state index contributed by atoms with van der Waals surface area (Å²) in [4.78, 5) is 11.4. The van der Waals surface area contributed by atoms with E-state index < -0.39 is 25.2 Å². The summed E-state index contributed by atoms with van der Waals surface area (Å²) >= 11 is 5.95. The Morgan fingerprint density at radius 1 is 1.37 bits per heavy atom. The second-order valence-corrected chi connectivity index (χ2v) is 4.44. The van der Waals surface area contributed by atoms with Crippen LogP contribution in [0, 0.1) is 0 Å². The molecule has 0 saturated heterocycles. The quantitative estimate of drug-likeness (QED) is 0.876. The first-order valence-corrected chi connectivity index (χ1v) is 5.98. The van der Waals surface area contributed by atoms with Crippen molar-refractivity contribution in [1.29, 1.82) is 0 Å². The molecule has 1 aromatic carbocycles. The SMILES string of the molecule is C[C@H](NC(=O)CNCC(F)(F)F)c1ccccc1Cl. The highest BCUT2D eigenvalue weighted by Gasteiger charge is 2.26. The van der Waals surface area contributed by atoms with Gasteiger partial charge >= 0.3 is 6.18 Å². The lowest BCUT2D eigenvalue weighted by Crippen LogP contribution is -2.39. The fourth-order valence-electron chi connectivity index (χ4n) is 1.51. The predicted molar refractivity (Wildman–Crippen MR) is 66.9 cm³/mol. The van der Waals surface area contributed by atoms with Gasteiger partial charge in [0, 0.05) is 5.02 Å². The predicted octanol–water partition coefficient (Wildman–Crippen LogP) is 2.67. The molecule has 0 heterocycles. The molecule has 1 aromatic rings. The number of rotatable bonds is 5. The first kappa shape index (κ1) is 15.8. The maximum atomic E-state index is 11.9. The summed E-state index contributed by atoms with van der Waals surface area (Å²) in [5.41, 5.74) is 0.716. The number of halogens is 4. The number of carbonyl (C=O) groups excluding carboxylic acids is 1. The first-order valence-electron chi connectivity index (χ1n) is 5.61. The van der Waals surface area contributed by atoms with Crippen LogP contribution >= 0.6 is 11.6 Å². The van der Waals surface area contributed by atoms with Crippen LogP contribution in [0.25, 0.3) is 0 Å². The fraction of sp³-hybridized carbons (Fsp3) is 0.417. The zero-order valence-electron chi connectivity index (χ0n) is 10.2. The molecule has 0 unspecified atom stereocenters. The highest BCUT2D eigenvalue weighted by atomic mass is 35.5. The van der Waals surface area contributed by atoms with E-state index in [0.29, 0.717) is 10.6 Å². The van der Waals surface area contributed by atoms with Gasteiger partial charge in [-0.15, -0.1) is 0 Å². The fourth-order valence-corrected chi connectivity index (χ4v) is 1.81. The zero-order chi connectivity index (χ0) is 14.5. The molecule has 106 valence electrons. The average molecular weight is 295 g/mol. The second kappa shape index (κ2) is 6.77. The average Bonchev–Trinajstić information content (AvgIpc) is 2.27. The smallest absolute Gasteiger partial charge is 0.348 e. The van der Waals surface area contributed by atoms with Crippen LogP contribution in [0.4, 0.5) is 13.2 Å². The molecule has 1 rings (SSSR count). The van der Waals surface area contributed by atoms with Gasteiger partial charge in [0.05, 0.1) is 19.1 Å². The van der Waals surface area contributed by atoms with Crippen LogP contribution in [0.1, 0.15) is 18.5 Å². The highest BCUT2D eigenvalue weighted by Crippen LogP contribution is 2.21. The number of nitrogens with one attached hydrogen (secondary N) is 2. The van der Waals surface area contributed by atoms with Crippen LogP contribution < -0.4 is 10.6 Å². The van der Waals surface area contributed by atoms with Crippen molar-refractivity contribution in [2.75, 3.05) is 13.1 Å². The highest BCUT2D eigenvalue weighted by molar-refractivity contribution is 6.31. The van der Waals surface area contributed by atoms with Crippen LogP contribution in [0.2, 0.25) is 5.02 Å². The van der Waals surface area contributed by atoms with E-state index in [4.69, 9.17) is 11.6 Å². The Balaban J connectivity index is 2.43. The van der Waals surface area contributed by atoms with Crippen LogP contribution in [0.15, 0.2) is 24.3 Å². The van der Waals surface area contributed by atoms with E-state index in [1.807, 2.05) is 5.32 Å². The molecule has 0 aliphatic rings. The van der Waals surface area contributed by atoms with Crippen molar-refractivity contribution < 1.29 is 18.0 Å². The van der Waals surface area contributed by atoms with Crippen molar-refractivity contribution >= 4 is 17.5 Å². The van der Waals surface area contributed by atoms with Crippen molar-refractivity contribution in [3.8, 4) is 0 Å². The third-order valence-electron chi connectivity index (χ3n) is 2.36. The topological polar surface area (TPSA) is 41.1 Å².